The summed E-state index contributed by atoms with van der Waals surface area (Å²) in [6.45, 7) is 1.90. The Labute approximate surface area is 166 Å². The number of fused-ring (bicyclic) bond motifs is 1. The number of carbonyl (C=O) groups is 1. The van der Waals surface area contributed by atoms with E-state index in [2.05, 4.69) is 15.3 Å². The van der Waals surface area contributed by atoms with Gasteiger partial charge in [0.25, 0.3) is 5.56 Å². The molecule has 0 aliphatic carbocycles. The van der Waals surface area contributed by atoms with E-state index in [0.29, 0.717) is 39.7 Å². The second kappa shape index (κ2) is 8.79. The van der Waals surface area contributed by atoms with Gasteiger partial charge in [0, 0.05) is 6.07 Å². The Balaban J connectivity index is 1.80. The fourth-order valence-electron chi connectivity index (χ4n) is 2.69. The summed E-state index contributed by atoms with van der Waals surface area (Å²) in [6.07, 6.45) is 0.561. The molecule has 3 aromatic rings. The normalized spacial score (nSPS) is 11.8. The molecule has 0 bridgehead atoms. The smallest absolute Gasteiger partial charge is 0.259 e. The molecular weight excluding hydrogens is 378 g/mol. The number of anilines is 1. The number of nitrogens with one attached hydrogen (secondary N) is 2. The number of para-hydroxylation sites is 1. The number of hydrogen-bond acceptors (Lipinski definition) is 6. The third-order valence-corrected chi connectivity index (χ3v) is 5.42. The number of methoxy groups -OCH3 is 2. The van der Waals surface area contributed by atoms with E-state index in [-0.39, 0.29) is 11.5 Å². The summed E-state index contributed by atoms with van der Waals surface area (Å²) in [4.78, 5) is 32.2. The molecule has 8 heteroatoms. The third-order valence-electron chi connectivity index (χ3n) is 4.17. The van der Waals surface area contributed by atoms with E-state index in [9.17, 15) is 9.59 Å². The number of nitrogens with zero attached hydrogens (tertiary/aromatic N) is 1. The number of rotatable bonds is 7. The molecule has 1 unspecified atom stereocenters. The lowest BCUT2D eigenvalue weighted by molar-refractivity contribution is -0.115. The average molecular weight is 399 g/mol. The van der Waals surface area contributed by atoms with Gasteiger partial charge in [-0.25, -0.2) is 4.98 Å². The van der Waals surface area contributed by atoms with Crippen LogP contribution in [0.25, 0.3) is 10.9 Å². The summed E-state index contributed by atoms with van der Waals surface area (Å²) < 4.78 is 10.5. The lowest BCUT2D eigenvalue weighted by Gasteiger charge is -2.16. The number of carbonyl (C=O) groups excluding carboxylic acids is 1. The van der Waals surface area contributed by atoms with Crippen LogP contribution in [0.4, 0.5) is 5.69 Å². The van der Waals surface area contributed by atoms with Crippen LogP contribution in [0.5, 0.6) is 11.5 Å². The molecule has 28 heavy (non-hydrogen) atoms. The van der Waals surface area contributed by atoms with Crippen molar-refractivity contribution in [2.24, 2.45) is 0 Å². The number of amides is 1. The van der Waals surface area contributed by atoms with Crippen molar-refractivity contribution in [3.8, 4) is 11.5 Å². The Morgan fingerprint density at radius 3 is 2.71 bits per heavy atom. The molecule has 7 nitrogen and oxygen atoms in total. The molecule has 0 fully saturated rings. The van der Waals surface area contributed by atoms with Crippen molar-refractivity contribution in [1.29, 1.82) is 0 Å². The highest BCUT2D eigenvalue weighted by Crippen LogP contribution is 2.30. The van der Waals surface area contributed by atoms with Gasteiger partial charge < -0.3 is 19.8 Å². The zero-order chi connectivity index (χ0) is 20.1. The van der Waals surface area contributed by atoms with Gasteiger partial charge in [0.05, 0.1) is 36.1 Å². The molecule has 2 aromatic carbocycles. The summed E-state index contributed by atoms with van der Waals surface area (Å²) in [6, 6.07) is 12.3. The second-order valence-corrected chi connectivity index (χ2v) is 7.15. The van der Waals surface area contributed by atoms with Crippen LogP contribution >= 0.6 is 11.8 Å². The van der Waals surface area contributed by atoms with E-state index in [1.54, 1.807) is 43.5 Å². The molecule has 3 rings (SSSR count). The van der Waals surface area contributed by atoms with Crippen LogP contribution in [0.15, 0.2) is 52.4 Å². The van der Waals surface area contributed by atoms with Crippen molar-refractivity contribution in [2.75, 3.05) is 19.5 Å². The van der Waals surface area contributed by atoms with E-state index >= 15 is 0 Å². The molecule has 1 amide bonds. The van der Waals surface area contributed by atoms with E-state index in [1.165, 1.54) is 18.9 Å². The second-order valence-electron chi connectivity index (χ2n) is 5.96. The Hall–Kier alpha value is -3.00. The summed E-state index contributed by atoms with van der Waals surface area (Å²) in [7, 11) is 3.09. The molecule has 146 valence electrons. The lowest BCUT2D eigenvalue weighted by Crippen LogP contribution is -2.25. The van der Waals surface area contributed by atoms with E-state index in [0.717, 1.165) is 0 Å². The van der Waals surface area contributed by atoms with E-state index in [4.69, 9.17) is 9.47 Å². The molecule has 2 N–H and O–H groups in total. The highest BCUT2D eigenvalue weighted by atomic mass is 32.2. The van der Waals surface area contributed by atoms with Crippen LogP contribution in [-0.4, -0.2) is 35.3 Å². The Kier molecular flexibility index (Phi) is 6.20. The largest absolute Gasteiger partial charge is 0.497 e. The van der Waals surface area contributed by atoms with Crippen molar-refractivity contribution in [1.82, 2.24) is 9.97 Å². The number of aromatic amines is 1. The predicted molar refractivity (Wildman–Crippen MR) is 110 cm³/mol. The van der Waals surface area contributed by atoms with Crippen molar-refractivity contribution in [2.45, 2.75) is 23.8 Å². The van der Waals surface area contributed by atoms with Crippen molar-refractivity contribution in [3.63, 3.8) is 0 Å². The van der Waals surface area contributed by atoms with Gasteiger partial charge in [0.2, 0.25) is 5.91 Å². The van der Waals surface area contributed by atoms with Crippen LogP contribution in [0.1, 0.15) is 13.3 Å². The summed E-state index contributed by atoms with van der Waals surface area (Å²) in [5.41, 5.74) is 0.924. The highest BCUT2D eigenvalue weighted by Gasteiger charge is 2.21. The monoisotopic (exact) mass is 399 g/mol. The Morgan fingerprint density at radius 1 is 1.21 bits per heavy atom. The zero-order valence-corrected chi connectivity index (χ0v) is 16.6. The van der Waals surface area contributed by atoms with Crippen molar-refractivity contribution < 1.29 is 14.3 Å². The first-order chi connectivity index (χ1) is 13.5. The maximum atomic E-state index is 12.8. The fraction of sp³-hybridized carbons (Fsp3) is 0.250. The SMILES string of the molecule is CCC(Sc1nc2ccccc2c(=O)[nH]1)C(=O)Nc1ccc(OC)cc1OC. The van der Waals surface area contributed by atoms with Crippen LogP contribution in [0.2, 0.25) is 0 Å². The number of benzene rings is 2. The Bertz CT molecular complexity index is 1050. The maximum absolute atomic E-state index is 12.8. The van der Waals surface area contributed by atoms with Gasteiger partial charge in [-0.05, 0) is 30.7 Å². The maximum Gasteiger partial charge on any atom is 0.259 e. The van der Waals surface area contributed by atoms with Crippen molar-refractivity contribution in [3.05, 3.63) is 52.8 Å². The third kappa shape index (κ3) is 4.28. The molecule has 0 aliphatic heterocycles. The topological polar surface area (TPSA) is 93.3 Å². The first kappa shape index (κ1) is 19.8. The number of hydrogen-bond donors (Lipinski definition) is 2. The van der Waals surface area contributed by atoms with Crippen LogP contribution in [0.3, 0.4) is 0 Å². The molecule has 1 heterocycles. The van der Waals surface area contributed by atoms with Gasteiger partial charge >= 0.3 is 0 Å². The van der Waals surface area contributed by atoms with Crippen molar-refractivity contribution >= 4 is 34.3 Å². The molecule has 1 atom stereocenters. The van der Waals surface area contributed by atoms with E-state index < -0.39 is 5.25 Å². The van der Waals surface area contributed by atoms with Gasteiger partial charge in [0.1, 0.15) is 11.5 Å². The summed E-state index contributed by atoms with van der Waals surface area (Å²) >= 11 is 1.22. The first-order valence-electron chi connectivity index (χ1n) is 8.74. The predicted octanol–water partition coefficient (Wildman–Crippen LogP) is 3.45. The fourth-order valence-corrected chi connectivity index (χ4v) is 3.60. The van der Waals surface area contributed by atoms with Gasteiger partial charge in [-0.3, -0.25) is 9.59 Å². The van der Waals surface area contributed by atoms with Crippen LogP contribution < -0.4 is 20.3 Å². The minimum absolute atomic E-state index is 0.202. The minimum atomic E-state index is -0.434. The first-order valence-corrected chi connectivity index (χ1v) is 9.62. The molecule has 0 saturated heterocycles. The molecule has 0 spiro atoms. The molecule has 0 saturated carbocycles. The molecular formula is C20H21N3O4S. The average Bonchev–Trinajstić information content (AvgIpc) is 2.72. The van der Waals surface area contributed by atoms with E-state index in [1.807, 2.05) is 13.0 Å². The quantitative estimate of drug-likeness (QED) is 0.467. The molecule has 0 aliphatic rings. The lowest BCUT2D eigenvalue weighted by atomic mass is 10.2. The van der Waals surface area contributed by atoms with Gasteiger partial charge in [-0.2, -0.15) is 0 Å². The minimum Gasteiger partial charge on any atom is -0.497 e. The number of ether oxygens (including phenoxy) is 2. The summed E-state index contributed by atoms with van der Waals surface area (Å²) in [5, 5.41) is 3.37. The van der Waals surface area contributed by atoms with Gasteiger partial charge in [-0.1, -0.05) is 30.8 Å². The summed E-state index contributed by atoms with van der Waals surface area (Å²) in [5.74, 6) is 0.936. The number of aromatic nitrogens is 2. The van der Waals surface area contributed by atoms with Gasteiger partial charge in [0.15, 0.2) is 5.16 Å². The number of H-pyrrole nitrogens is 1. The van der Waals surface area contributed by atoms with Crippen LogP contribution in [-0.2, 0) is 4.79 Å². The zero-order valence-electron chi connectivity index (χ0n) is 15.8. The standard InChI is InChI=1S/C20H21N3O4S/c1-4-17(19(25)21-15-10-9-12(26-2)11-16(15)27-3)28-20-22-14-8-6-5-7-13(14)18(24)23-20/h5-11,17H,4H2,1-3H3,(H,21,25)(H,22,23,24). The Morgan fingerprint density at radius 2 is 2.00 bits per heavy atom. The van der Waals surface area contributed by atoms with Crippen LogP contribution in [0, 0.1) is 0 Å². The number of thioether (sulfide) groups is 1. The highest BCUT2D eigenvalue weighted by molar-refractivity contribution is 8.00. The molecule has 0 radical (unpaired) electrons. The van der Waals surface area contributed by atoms with Gasteiger partial charge in [-0.15, -0.1) is 0 Å². The molecule has 1 aromatic heterocycles.